The molecule has 0 atom stereocenters. The molecule has 162 valence electrons. The van der Waals surface area contributed by atoms with Gasteiger partial charge in [0.1, 0.15) is 11.4 Å². The number of carbonyl (C=O) groups is 1. The minimum atomic E-state index is -4.56. The Hall–Kier alpha value is -3.76. The van der Waals surface area contributed by atoms with Gasteiger partial charge in [0.05, 0.1) is 11.1 Å². The van der Waals surface area contributed by atoms with Gasteiger partial charge in [-0.25, -0.2) is 9.78 Å². The summed E-state index contributed by atoms with van der Waals surface area (Å²) in [5, 5.41) is 4.73. The molecule has 0 aliphatic heterocycles. The second kappa shape index (κ2) is 8.54. The van der Waals surface area contributed by atoms with Crippen LogP contribution >= 0.6 is 0 Å². The molecule has 0 saturated carbocycles. The number of nitrogens with one attached hydrogen (secondary N) is 2. The summed E-state index contributed by atoms with van der Waals surface area (Å²) in [7, 11) is 0. The quantitative estimate of drug-likeness (QED) is 0.451. The Balaban J connectivity index is 1.71. The third-order valence-electron chi connectivity index (χ3n) is 3.87. The van der Waals surface area contributed by atoms with E-state index in [9.17, 15) is 31.1 Å². The van der Waals surface area contributed by atoms with E-state index in [0.717, 1.165) is 42.5 Å². The second-order valence-electron chi connectivity index (χ2n) is 6.14. The molecule has 0 aliphatic carbocycles. The van der Waals surface area contributed by atoms with Gasteiger partial charge in [0.2, 0.25) is 5.88 Å². The largest absolute Gasteiger partial charge is 0.437 e. The fourth-order valence-electron chi connectivity index (χ4n) is 2.44. The summed E-state index contributed by atoms with van der Waals surface area (Å²) in [5.41, 5.74) is -1.67. The zero-order chi connectivity index (χ0) is 22.6. The van der Waals surface area contributed by atoms with E-state index in [-0.39, 0.29) is 23.0 Å². The van der Waals surface area contributed by atoms with Gasteiger partial charge in [-0.2, -0.15) is 26.3 Å². The number of anilines is 2. The van der Waals surface area contributed by atoms with Crippen molar-refractivity contribution < 1.29 is 35.9 Å². The third kappa shape index (κ3) is 5.87. The minimum Gasteiger partial charge on any atom is -0.437 e. The van der Waals surface area contributed by atoms with Gasteiger partial charge in [-0.1, -0.05) is 6.07 Å². The summed E-state index contributed by atoms with van der Waals surface area (Å²) in [6, 6.07) is 9.89. The first-order valence-electron chi connectivity index (χ1n) is 8.58. The van der Waals surface area contributed by atoms with E-state index in [2.05, 4.69) is 15.6 Å². The average Bonchev–Trinajstić information content (AvgIpc) is 2.69. The summed E-state index contributed by atoms with van der Waals surface area (Å²) in [6.45, 7) is 0. The van der Waals surface area contributed by atoms with E-state index >= 15 is 0 Å². The van der Waals surface area contributed by atoms with Crippen molar-refractivity contribution in [2.24, 2.45) is 0 Å². The first kappa shape index (κ1) is 21.9. The number of hydrogen-bond donors (Lipinski definition) is 2. The van der Waals surface area contributed by atoms with Gasteiger partial charge in [0.25, 0.3) is 0 Å². The molecule has 1 heterocycles. The summed E-state index contributed by atoms with van der Waals surface area (Å²) in [5.74, 6) is -0.330. The molecule has 2 amide bonds. The molecule has 3 rings (SSSR count). The number of alkyl halides is 6. The van der Waals surface area contributed by atoms with Crippen molar-refractivity contribution in [3.8, 4) is 11.6 Å². The van der Waals surface area contributed by atoms with Gasteiger partial charge in [-0.15, -0.1) is 0 Å². The number of halogens is 6. The Bertz CT molecular complexity index is 1070. The molecule has 0 unspecified atom stereocenters. The highest BCUT2D eigenvalue weighted by Gasteiger charge is 2.31. The highest BCUT2D eigenvalue weighted by Crippen LogP contribution is 2.34. The predicted molar refractivity (Wildman–Crippen MR) is 99.8 cm³/mol. The van der Waals surface area contributed by atoms with Crippen molar-refractivity contribution in [3.05, 3.63) is 78.0 Å². The lowest BCUT2D eigenvalue weighted by molar-refractivity contribution is -0.138. The van der Waals surface area contributed by atoms with Gasteiger partial charge in [-0.3, -0.25) is 0 Å². The fraction of sp³-hybridized carbons (Fsp3) is 0.100. The third-order valence-corrected chi connectivity index (χ3v) is 3.87. The molecule has 31 heavy (non-hydrogen) atoms. The lowest BCUT2D eigenvalue weighted by Gasteiger charge is -2.13. The highest BCUT2D eigenvalue weighted by molar-refractivity contribution is 6.00. The van der Waals surface area contributed by atoms with Crippen LogP contribution < -0.4 is 15.4 Å². The van der Waals surface area contributed by atoms with Crippen LogP contribution in [0.4, 0.5) is 42.5 Å². The van der Waals surface area contributed by atoms with E-state index in [1.807, 2.05) is 0 Å². The zero-order valence-electron chi connectivity index (χ0n) is 15.4. The predicted octanol–water partition coefficient (Wildman–Crippen LogP) is 6.56. The first-order chi connectivity index (χ1) is 14.5. The molecule has 3 aromatic rings. The monoisotopic (exact) mass is 441 g/mol. The van der Waals surface area contributed by atoms with Gasteiger partial charge in [0, 0.05) is 11.9 Å². The van der Waals surface area contributed by atoms with Crippen LogP contribution in [-0.2, 0) is 12.4 Å². The van der Waals surface area contributed by atoms with Gasteiger partial charge in [-0.05, 0) is 54.6 Å². The number of hydrogen-bond acceptors (Lipinski definition) is 3. The molecule has 1 aromatic heterocycles. The van der Waals surface area contributed by atoms with E-state index in [0.29, 0.717) is 0 Å². The Morgan fingerprint density at radius 1 is 0.806 bits per heavy atom. The highest BCUT2D eigenvalue weighted by atomic mass is 19.4. The summed E-state index contributed by atoms with van der Waals surface area (Å²) in [6.07, 6.45) is -7.76. The molecule has 0 aliphatic rings. The zero-order valence-corrected chi connectivity index (χ0v) is 15.4. The van der Waals surface area contributed by atoms with Crippen LogP contribution in [0.3, 0.4) is 0 Å². The maximum Gasteiger partial charge on any atom is 0.416 e. The van der Waals surface area contributed by atoms with Crippen LogP contribution in [0.25, 0.3) is 0 Å². The SMILES string of the molecule is O=C(Nc1ccc(C(F)(F)F)cc1)Nc1cccnc1Oc1cccc(C(F)(F)F)c1. The van der Waals surface area contributed by atoms with E-state index in [4.69, 9.17) is 4.74 Å². The maximum absolute atomic E-state index is 12.9. The van der Waals surface area contributed by atoms with Gasteiger partial charge < -0.3 is 15.4 Å². The molecule has 11 heteroatoms. The number of pyridine rings is 1. The molecule has 0 spiro atoms. The molecule has 2 aromatic carbocycles. The van der Waals surface area contributed by atoms with E-state index in [1.54, 1.807) is 0 Å². The second-order valence-corrected chi connectivity index (χ2v) is 6.14. The van der Waals surface area contributed by atoms with Crippen molar-refractivity contribution in [3.63, 3.8) is 0 Å². The number of aromatic nitrogens is 1. The van der Waals surface area contributed by atoms with Crippen molar-refractivity contribution >= 4 is 17.4 Å². The molecule has 0 radical (unpaired) electrons. The van der Waals surface area contributed by atoms with E-state index < -0.39 is 29.5 Å². The van der Waals surface area contributed by atoms with Gasteiger partial charge >= 0.3 is 18.4 Å². The Morgan fingerprint density at radius 2 is 1.48 bits per heavy atom. The number of carbonyl (C=O) groups excluding carboxylic acids is 1. The fourth-order valence-corrected chi connectivity index (χ4v) is 2.44. The molecule has 5 nitrogen and oxygen atoms in total. The van der Waals surface area contributed by atoms with Crippen molar-refractivity contribution in [1.82, 2.24) is 4.98 Å². The summed E-state index contributed by atoms with van der Waals surface area (Å²) >= 11 is 0. The van der Waals surface area contributed by atoms with E-state index in [1.165, 1.54) is 24.4 Å². The van der Waals surface area contributed by atoms with Crippen LogP contribution in [0.1, 0.15) is 11.1 Å². The van der Waals surface area contributed by atoms with Crippen LogP contribution in [0.5, 0.6) is 11.6 Å². The van der Waals surface area contributed by atoms with Crippen LogP contribution in [0.15, 0.2) is 66.9 Å². The molecular formula is C20H13F6N3O2. The summed E-state index contributed by atoms with van der Waals surface area (Å²) in [4.78, 5) is 16.1. The number of urea groups is 1. The minimum absolute atomic E-state index is 0.0318. The number of benzene rings is 2. The van der Waals surface area contributed by atoms with Crippen molar-refractivity contribution in [2.75, 3.05) is 10.6 Å². The topological polar surface area (TPSA) is 63.2 Å². The Morgan fingerprint density at radius 3 is 2.13 bits per heavy atom. The standard InChI is InChI=1S/C20H13F6N3O2/c21-19(22,23)12-6-8-14(9-7-12)28-18(30)29-16-5-2-10-27-17(16)31-15-4-1-3-13(11-15)20(24,25)26/h1-11H,(H2,28,29,30). The molecule has 0 saturated heterocycles. The van der Waals surface area contributed by atoms with Crippen LogP contribution in [0.2, 0.25) is 0 Å². The lowest BCUT2D eigenvalue weighted by atomic mass is 10.2. The Kier molecular flexibility index (Phi) is 6.04. The average molecular weight is 441 g/mol. The number of nitrogens with zero attached hydrogens (tertiary/aromatic N) is 1. The van der Waals surface area contributed by atoms with Crippen molar-refractivity contribution in [1.29, 1.82) is 0 Å². The first-order valence-corrected chi connectivity index (χ1v) is 8.58. The number of amides is 2. The van der Waals surface area contributed by atoms with Gasteiger partial charge in [0.15, 0.2) is 0 Å². The number of rotatable bonds is 4. The molecule has 2 N–H and O–H groups in total. The normalized spacial score (nSPS) is 11.7. The smallest absolute Gasteiger partial charge is 0.416 e. The number of ether oxygens (including phenoxy) is 1. The molecule has 0 bridgehead atoms. The molecular weight excluding hydrogens is 428 g/mol. The van der Waals surface area contributed by atoms with Crippen LogP contribution in [0, 0.1) is 0 Å². The maximum atomic E-state index is 12.9. The summed E-state index contributed by atoms with van der Waals surface area (Å²) < 4.78 is 81.7. The van der Waals surface area contributed by atoms with Crippen LogP contribution in [-0.4, -0.2) is 11.0 Å². The Labute approximate surface area is 171 Å². The molecule has 0 fully saturated rings. The van der Waals surface area contributed by atoms with Crippen molar-refractivity contribution in [2.45, 2.75) is 12.4 Å². The lowest BCUT2D eigenvalue weighted by Crippen LogP contribution is -2.20.